The molecule has 0 aromatic heterocycles. The van der Waals surface area contributed by atoms with Gasteiger partial charge in [-0.1, -0.05) is 6.92 Å². The predicted octanol–water partition coefficient (Wildman–Crippen LogP) is 0.942. The van der Waals surface area contributed by atoms with Crippen molar-refractivity contribution in [3.05, 3.63) is 0 Å². The first-order valence-corrected chi connectivity index (χ1v) is 2.68. The summed E-state index contributed by atoms with van der Waals surface area (Å²) in [5.74, 6) is -0.0191. The van der Waals surface area contributed by atoms with Crippen LogP contribution in [0.4, 0.5) is 0 Å². The van der Waals surface area contributed by atoms with Crippen LogP contribution in [0, 0.1) is 0 Å². The van der Waals surface area contributed by atoms with Crippen LogP contribution in [0.1, 0.15) is 26.7 Å². The maximum atomic E-state index is 10.4. The molecule has 0 bridgehead atoms. The van der Waals surface area contributed by atoms with Gasteiger partial charge >= 0.3 is 0 Å². The molecule has 0 atom stereocenters. The molecule has 0 spiro atoms. The molecule has 0 aromatic rings. The van der Waals surface area contributed by atoms with Gasteiger partial charge in [0, 0.05) is 22.9 Å². The molecule has 0 aliphatic rings. The first-order valence-electron chi connectivity index (χ1n) is 2.68. The van der Waals surface area contributed by atoms with E-state index in [1.807, 2.05) is 0 Å². The summed E-state index contributed by atoms with van der Waals surface area (Å²) in [5, 5.41) is 0. The van der Waals surface area contributed by atoms with E-state index < -0.39 is 0 Å². The van der Waals surface area contributed by atoms with Gasteiger partial charge in [0.25, 0.3) is 0 Å². The van der Waals surface area contributed by atoms with Crippen molar-refractivity contribution in [3.63, 3.8) is 0 Å². The number of rotatable bonds is 3. The maximum Gasteiger partial charge on any atom is 0.139 e. The predicted molar refractivity (Wildman–Crippen MR) is 30.6 cm³/mol. The molecule has 0 amide bonds. The SMILES string of the molecule is CCC(=O)CC(C)=O.[Ni]. The van der Waals surface area contributed by atoms with E-state index in [0.717, 1.165) is 0 Å². The minimum Gasteiger partial charge on any atom is -0.300 e. The van der Waals surface area contributed by atoms with Crippen LogP contribution in [0.5, 0.6) is 0 Å². The third-order valence-corrected chi connectivity index (χ3v) is 0.840. The van der Waals surface area contributed by atoms with E-state index in [1.54, 1.807) is 6.92 Å². The Kier molecular flexibility index (Phi) is 7.69. The summed E-state index contributed by atoms with van der Waals surface area (Å²) in [6, 6.07) is 0. The Morgan fingerprint density at radius 1 is 1.33 bits per heavy atom. The van der Waals surface area contributed by atoms with E-state index in [9.17, 15) is 9.59 Å². The Morgan fingerprint density at radius 2 is 1.78 bits per heavy atom. The molecule has 3 heteroatoms. The van der Waals surface area contributed by atoms with Gasteiger partial charge in [-0.3, -0.25) is 9.59 Å². The molecular formula is C6H10NiO2. The van der Waals surface area contributed by atoms with E-state index in [4.69, 9.17) is 0 Å². The zero-order chi connectivity index (χ0) is 6.57. The van der Waals surface area contributed by atoms with Crippen LogP contribution in [0.2, 0.25) is 0 Å². The second kappa shape index (κ2) is 5.96. The van der Waals surface area contributed by atoms with Gasteiger partial charge in [0.1, 0.15) is 11.6 Å². The summed E-state index contributed by atoms with van der Waals surface area (Å²) in [7, 11) is 0. The van der Waals surface area contributed by atoms with Crippen molar-refractivity contribution in [2.75, 3.05) is 0 Å². The van der Waals surface area contributed by atoms with Crippen molar-refractivity contribution in [2.24, 2.45) is 0 Å². The van der Waals surface area contributed by atoms with Crippen molar-refractivity contribution in [2.45, 2.75) is 26.7 Å². The number of hydrogen-bond acceptors (Lipinski definition) is 2. The van der Waals surface area contributed by atoms with Gasteiger partial charge in [-0.05, 0) is 6.92 Å². The summed E-state index contributed by atoms with van der Waals surface area (Å²) in [4.78, 5) is 20.6. The molecule has 56 valence electrons. The van der Waals surface area contributed by atoms with Crippen LogP contribution >= 0.6 is 0 Å². The first kappa shape index (κ1) is 11.6. The fourth-order valence-corrected chi connectivity index (χ4v) is 0.403. The maximum absolute atomic E-state index is 10.4. The van der Waals surface area contributed by atoms with Gasteiger partial charge in [0.05, 0.1) is 6.42 Å². The summed E-state index contributed by atoms with van der Waals surface area (Å²) in [6.07, 6.45) is 0.579. The summed E-state index contributed by atoms with van der Waals surface area (Å²) in [5.41, 5.74) is 0. The Bertz CT molecular complexity index is 110. The van der Waals surface area contributed by atoms with Crippen molar-refractivity contribution in [1.82, 2.24) is 0 Å². The van der Waals surface area contributed by atoms with Gasteiger partial charge in [0.15, 0.2) is 0 Å². The molecule has 0 aromatic carbocycles. The second-order valence-electron chi connectivity index (χ2n) is 1.77. The Balaban J connectivity index is 0. The van der Waals surface area contributed by atoms with Crippen molar-refractivity contribution in [1.29, 1.82) is 0 Å². The number of Topliss-reactive ketones (excluding diaryl/α,β-unsaturated/α-hetero) is 2. The van der Waals surface area contributed by atoms with E-state index >= 15 is 0 Å². The Hall–Kier alpha value is -0.166. The van der Waals surface area contributed by atoms with E-state index in [0.29, 0.717) is 6.42 Å². The second-order valence-corrected chi connectivity index (χ2v) is 1.77. The molecule has 0 saturated carbocycles. The number of ketones is 2. The molecule has 0 N–H and O–H groups in total. The number of carbonyl (C=O) groups excluding carboxylic acids is 2. The average Bonchev–Trinajstić information content (AvgIpc) is 1.65. The van der Waals surface area contributed by atoms with Crippen LogP contribution in [0.15, 0.2) is 0 Å². The zero-order valence-electron chi connectivity index (χ0n) is 5.55. The Morgan fingerprint density at radius 3 is 1.89 bits per heavy atom. The molecule has 0 heterocycles. The van der Waals surface area contributed by atoms with Crippen LogP contribution in [-0.4, -0.2) is 11.6 Å². The van der Waals surface area contributed by atoms with E-state index in [2.05, 4.69) is 0 Å². The molecule has 9 heavy (non-hydrogen) atoms. The van der Waals surface area contributed by atoms with Crippen LogP contribution in [-0.2, 0) is 26.1 Å². The Labute approximate surface area is 64.9 Å². The molecule has 2 nitrogen and oxygen atoms in total. The molecule has 0 saturated heterocycles. The molecule has 0 unspecified atom stereocenters. The van der Waals surface area contributed by atoms with Gasteiger partial charge in [-0.2, -0.15) is 0 Å². The largest absolute Gasteiger partial charge is 0.300 e. The minimum atomic E-state index is -0.0446. The van der Waals surface area contributed by atoms with E-state index in [1.165, 1.54) is 6.92 Å². The van der Waals surface area contributed by atoms with Crippen molar-refractivity contribution in [3.8, 4) is 0 Å². The standard InChI is InChI=1S/C6H10O2.Ni/c1-3-6(8)4-5(2)7;/h3-4H2,1-2H3;. The normalized spacial score (nSPS) is 7.78. The molecule has 0 radical (unpaired) electrons. The topological polar surface area (TPSA) is 34.1 Å². The van der Waals surface area contributed by atoms with Crippen molar-refractivity contribution >= 4 is 11.6 Å². The molecule has 0 aliphatic carbocycles. The van der Waals surface area contributed by atoms with Gasteiger partial charge in [-0.15, -0.1) is 0 Å². The average molecular weight is 173 g/mol. The van der Waals surface area contributed by atoms with Crippen LogP contribution in [0.3, 0.4) is 0 Å². The van der Waals surface area contributed by atoms with Crippen molar-refractivity contribution < 1.29 is 26.1 Å². The van der Waals surface area contributed by atoms with E-state index in [-0.39, 0.29) is 34.5 Å². The smallest absolute Gasteiger partial charge is 0.139 e. The molecule has 0 rings (SSSR count). The van der Waals surface area contributed by atoms with Gasteiger partial charge in [0.2, 0.25) is 0 Å². The fraction of sp³-hybridized carbons (Fsp3) is 0.667. The van der Waals surface area contributed by atoms with Crippen LogP contribution in [0.25, 0.3) is 0 Å². The fourth-order valence-electron chi connectivity index (χ4n) is 0.403. The quantitative estimate of drug-likeness (QED) is 0.470. The summed E-state index contributed by atoms with van der Waals surface area (Å²) in [6.45, 7) is 3.18. The monoisotopic (exact) mass is 172 g/mol. The van der Waals surface area contributed by atoms with Gasteiger partial charge < -0.3 is 0 Å². The van der Waals surface area contributed by atoms with Crippen LogP contribution < -0.4 is 0 Å². The summed E-state index contributed by atoms with van der Waals surface area (Å²) < 4.78 is 0. The summed E-state index contributed by atoms with van der Waals surface area (Å²) >= 11 is 0. The minimum absolute atomic E-state index is 0. The molecular weight excluding hydrogens is 163 g/mol. The third-order valence-electron chi connectivity index (χ3n) is 0.840. The molecule has 0 fully saturated rings. The third kappa shape index (κ3) is 7.83. The number of hydrogen-bond donors (Lipinski definition) is 0. The molecule has 0 aliphatic heterocycles. The van der Waals surface area contributed by atoms with Gasteiger partial charge in [-0.25, -0.2) is 0 Å². The first-order chi connectivity index (χ1) is 3.66. The zero-order valence-corrected chi connectivity index (χ0v) is 6.53. The number of carbonyl (C=O) groups is 2.